The van der Waals surface area contributed by atoms with E-state index in [1.54, 1.807) is 6.92 Å². The fourth-order valence-electron chi connectivity index (χ4n) is 2.38. The molecule has 96 valence electrons. The summed E-state index contributed by atoms with van der Waals surface area (Å²) in [6.45, 7) is 10.2. The van der Waals surface area contributed by atoms with E-state index in [1.807, 2.05) is 0 Å². The number of rotatable bonds is 5. The average molecular weight is 235 g/mol. The molecule has 1 aliphatic rings. The Labute approximate surface area is 105 Å². The van der Waals surface area contributed by atoms with Crippen molar-refractivity contribution in [3.63, 3.8) is 0 Å². The molecule has 17 heavy (non-hydrogen) atoms. The van der Waals surface area contributed by atoms with Crippen LogP contribution in [0.25, 0.3) is 0 Å². The van der Waals surface area contributed by atoms with Crippen molar-refractivity contribution in [2.75, 3.05) is 0 Å². The SMILES string of the molecule is CC(=O)C(CC1=C(C)CCC=C1C)NC(C)C. The molecule has 0 aromatic rings. The molecule has 0 bridgehead atoms. The summed E-state index contributed by atoms with van der Waals surface area (Å²) >= 11 is 0. The van der Waals surface area contributed by atoms with Gasteiger partial charge in [-0.2, -0.15) is 0 Å². The van der Waals surface area contributed by atoms with Gasteiger partial charge in [-0.05, 0) is 45.6 Å². The number of carbonyl (C=O) groups is 1. The maximum absolute atomic E-state index is 11.7. The number of nitrogens with one attached hydrogen (secondary N) is 1. The van der Waals surface area contributed by atoms with E-state index in [2.05, 4.69) is 39.1 Å². The Morgan fingerprint density at radius 2 is 2.06 bits per heavy atom. The molecule has 1 aliphatic carbocycles. The molecule has 1 unspecified atom stereocenters. The van der Waals surface area contributed by atoms with E-state index in [0.29, 0.717) is 6.04 Å². The Hall–Kier alpha value is -0.890. The van der Waals surface area contributed by atoms with Gasteiger partial charge in [0.2, 0.25) is 0 Å². The minimum absolute atomic E-state index is 0.0404. The molecule has 1 N–H and O–H groups in total. The van der Waals surface area contributed by atoms with E-state index in [9.17, 15) is 4.79 Å². The lowest BCUT2D eigenvalue weighted by atomic mass is 9.87. The van der Waals surface area contributed by atoms with Crippen molar-refractivity contribution in [2.24, 2.45) is 0 Å². The Morgan fingerprint density at radius 1 is 1.41 bits per heavy atom. The summed E-state index contributed by atoms with van der Waals surface area (Å²) in [6.07, 6.45) is 5.40. The Bertz CT molecular complexity index is 350. The Morgan fingerprint density at radius 3 is 2.53 bits per heavy atom. The largest absolute Gasteiger partial charge is 0.305 e. The van der Waals surface area contributed by atoms with Crippen molar-refractivity contribution in [3.05, 3.63) is 22.8 Å². The summed E-state index contributed by atoms with van der Waals surface area (Å²) in [4.78, 5) is 11.7. The topological polar surface area (TPSA) is 29.1 Å². The van der Waals surface area contributed by atoms with Crippen LogP contribution in [0.2, 0.25) is 0 Å². The first kappa shape index (κ1) is 14.2. The van der Waals surface area contributed by atoms with Crippen LogP contribution < -0.4 is 5.32 Å². The zero-order valence-corrected chi connectivity index (χ0v) is 11.8. The van der Waals surface area contributed by atoms with Crippen LogP contribution in [0.3, 0.4) is 0 Å². The molecule has 0 heterocycles. The van der Waals surface area contributed by atoms with Gasteiger partial charge in [-0.15, -0.1) is 0 Å². The fraction of sp³-hybridized carbons (Fsp3) is 0.667. The van der Waals surface area contributed by atoms with Gasteiger partial charge in [-0.25, -0.2) is 0 Å². The molecule has 1 rings (SSSR count). The molecule has 0 saturated carbocycles. The quantitative estimate of drug-likeness (QED) is 0.791. The molecule has 0 aromatic heterocycles. The third kappa shape index (κ3) is 4.12. The normalized spacial score (nSPS) is 18.4. The summed E-state index contributed by atoms with van der Waals surface area (Å²) in [5, 5.41) is 3.36. The van der Waals surface area contributed by atoms with E-state index >= 15 is 0 Å². The molecule has 2 heteroatoms. The number of allylic oxidation sites excluding steroid dienone is 3. The van der Waals surface area contributed by atoms with Crippen LogP contribution in [0.15, 0.2) is 22.8 Å². The highest BCUT2D eigenvalue weighted by Crippen LogP contribution is 2.28. The van der Waals surface area contributed by atoms with E-state index in [4.69, 9.17) is 0 Å². The summed E-state index contributed by atoms with van der Waals surface area (Å²) < 4.78 is 0. The van der Waals surface area contributed by atoms with Crippen LogP contribution in [0.5, 0.6) is 0 Å². The van der Waals surface area contributed by atoms with Gasteiger partial charge < -0.3 is 5.32 Å². The maximum atomic E-state index is 11.7. The van der Waals surface area contributed by atoms with Crippen LogP contribution in [-0.2, 0) is 4.79 Å². The molecular weight excluding hydrogens is 210 g/mol. The van der Waals surface area contributed by atoms with Gasteiger partial charge in [0.15, 0.2) is 0 Å². The second-order valence-electron chi connectivity index (χ2n) is 5.37. The predicted octanol–water partition coefficient (Wildman–Crippen LogP) is 3.39. The molecule has 0 aromatic carbocycles. The van der Waals surface area contributed by atoms with Crippen LogP contribution >= 0.6 is 0 Å². The number of hydrogen-bond acceptors (Lipinski definition) is 2. The molecule has 2 nitrogen and oxygen atoms in total. The number of carbonyl (C=O) groups excluding carboxylic acids is 1. The van der Waals surface area contributed by atoms with Crippen molar-refractivity contribution >= 4 is 5.78 Å². The lowest BCUT2D eigenvalue weighted by Crippen LogP contribution is -2.40. The minimum atomic E-state index is -0.0404. The molecule has 1 atom stereocenters. The first-order chi connectivity index (χ1) is 7.91. The molecule has 0 aliphatic heterocycles. The van der Waals surface area contributed by atoms with Gasteiger partial charge in [-0.1, -0.05) is 31.1 Å². The average Bonchev–Trinajstić information content (AvgIpc) is 2.21. The van der Waals surface area contributed by atoms with Crippen molar-refractivity contribution < 1.29 is 4.79 Å². The second-order valence-corrected chi connectivity index (χ2v) is 5.37. The Balaban J connectivity index is 2.79. The third-order valence-electron chi connectivity index (χ3n) is 3.39. The van der Waals surface area contributed by atoms with Gasteiger partial charge in [0.05, 0.1) is 6.04 Å². The molecule has 0 spiro atoms. The monoisotopic (exact) mass is 235 g/mol. The van der Waals surface area contributed by atoms with Crippen molar-refractivity contribution in [3.8, 4) is 0 Å². The Kier molecular flexibility index (Phi) is 5.13. The van der Waals surface area contributed by atoms with Crippen LogP contribution in [0.1, 0.15) is 53.9 Å². The highest BCUT2D eigenvalue weighted by molar-refractivity contribution is 5.82. The zero-order valence-electron chi connectivity index (χ0n) is 11.8. The summed E-state index contributed by atoms with van der Waals surface area (Å²) in [5.74, 6) is 0.234. The minimum Gasteiger partial charge on any atom is -0.305 e. The van der Waals surface area contributed by atoms with E-state index in [1.165, 1.54) is 16.7 Å². The third-order valence-corrected chi connectivity index (χ3v) is 3.39. The lowest BCUT2D eigenvalue weighted by molar-refractivity contribution is -0.119. The second kappa shape index (κ2) is 6.15. The predicted molar refractivity (Wildman–Crippen MR) is 73.0 cm³/mol. The first-order valence-corrected chi connectivity index (χ1v) is 6.54. The smallest absolute Gasteiger partial charge is 0.147 e. The van der Waals surface area contributed by atoms with Crippen molar-refractivity contribution in [2.45, 2.75) is 66.0 Å². The van der Waals surface area contributed by atoms with E-state index < -0.39 is 0 Å². The first-order valence-electron chi connectivity index (χ1n) is 6.54. The summed E-state index contributed by atoms with van der Waals surface area (Å²) in [5.41, 5.74) is 4.18. The zero-order chi connectivity index (χ0) is 13.0. The molecule has 0 amide bonds. The van der Waals surface area contributed by atoms with Gasteiger partial charge in [0, 0.05) is 6.04 Å². The molecule has 0 fully saturated rings. The highest BCUT2D eigenvalue weighted by atomic mass is 16.1. The molecular formula is C15H25NO. The fourth-order valence-corrected chi connectivity index (χ4v) is 2.38. The highest BCUT2D eigenvalue weighted by Gasteiger charge is 2.20. The maximum Gasteiger partial charge on any atom is 0.147 e. The van der Waals surface area contributed by atoms with Crippen molar-refractivity contribution in [1.82, 2.24) is 5.32 Å². The molecule has 0 saturated heterocycles. The molecule has 0 radical (unpaired) electrons. The van der Waals surface area contributed by atoms with Crippen molar-refractivity contribution in [1.29, 1.82) is 0 Å². The van der Waals surface area contributed by atoms with Gasteiger partial charge >= 0.3 is 0 Å². The van der Waals surface area contributed by atoms with Gasteiger partial charge in [-0.3, -0.25) is 4.79 Å². The summed E-state index contributed by atoms with van der Waals surface area (Å²) in [6, 6.07) is 0.305. The summed E-state index contributed by atoms with van der Waals surface area (Å²) in [7, 11) is 0. The van der Waals surface area contributed by atoms with Gasteiger partial charge in [0.25, 0.3) is 0 Å². The van der Waals surface area contributed by atoms with Crippen LogP contribution in [-0.4, -0.2) is 17.9 Å². The van der Waals surface area contributed by atoms with E-state index in [0.717, 1.165) is 19.3 Å². The van der Waals surface area contributed by atoms with Crippen LogP contribution in [0, 0.1) is 0 Å². The number of ketones is 1. The van der Waals surface area contributed by atoms with Crippen LogP contribution in [0.4, 0.5) is 0 Å². The standard InChI is InChI=1S/C15H25NO/c1-10(2)16-15(13(5)17)9-14-11(3)7-6-8-12(14)4/h7,10,15-16H,6,8-9H2,1-5H3. The lowest BCUT2D eigenvalue weighted by Gasteiger charge is -2.24. The van der Waals surface area contributed by atoms with Gasteiger partial charge in [0.1, 0.15) is 5.78 Å². The number of hydrogen-bond donors (Lipinski definition) is 1. The van der Waals surface area contributed by atoms with E-state index in [-0.39, 0.29) is 11.8 Å². The number of Topliss-reactive ketones (excluding diaryl/α,β-unsaturated/α-hetero) is 1.